The molecule has 0 atom stereocenters. The second-order valence-corrected chi connectivity index (χ2v) is 5.68. The van der Waals surface area contributed by atoms with Gasteiger partial charge in [0, 0.05) is 13.1 Å². The van der Waals surface area contributed by atoms with E-state index in [0.717, 1.165) is 11.3 Å². The van der Waals surface area contributed by atoms with Crippen LogP contribution in [0.3, 0.4) is 0 Å². The van der Waals surface area contributed by atoms with Crippen LogP contribution in [0.25, 0.3) is 0 Å². The van der Waals surface area contributed by atoms with Gasteiger partial charge in [-0.1, -0.05) is 42.5 Å². The molecular weight excluding hydrogens is 288 g/mol. The molecule has 0 aliphatic rings. The van der Waals surface area contributed by atoms with E-state index in [1.54, 1.807) is 0 Å². The normalized spacial score (nSPS) is 10.6. The SMILES string of the molecule is CC(C)Oc1ccc(CNC(=O)CNCc2ccccc2)cc1. The Morgan fingerprint density at radius 1 is 0.957 bits per heavy atom. The van der Waals surface area contributed by atoms with Crippen molar-refractivity contribution in [2.45, 2.75) is 33.0 Å². The Morgan fingerprint density at radius 3 is 2.26 bits per heavy atom. The fourth-order valence-corrected chi connectivity index (χ4v) is 2.14. The summed E-state index contributed by atoms with van der Waals surface area (Å²) in [5, 5.41) is 6.04. The number of ether oxygens (including phenoxy) is 1. The highest BCUT2D eigenvalue weighted by molar-refractivity contribution is 5.77. The van der Waals surface area contributed by atoms with Gasteiger partial charge in [0.2, 0.25) is 5.91 Å². The maximum absolute atomic E-state index is 11.8. The predicted molar refractivity (Wildman–Crippen MR) is 92.2 cm³/mol. The van der Waals surface area contributed by atoms with E-state index in [2.05, 4.69) is 10.6 Å². The summed E-state index contributed by atoms with van der Waals surface area (Å²) in [5.41, 5.74) is 2.22. The molecule has 2 aromatic rings. The monoisotopic (exact) mass is 312 g/mol. The van der Waals surface area contributed by atoms with Crippen LogP contribution in [-0.2, 0) is 17.9 Å². The highest BCUT2D eigenvalue weighted by atomic mass is 16.5. The molecule has 2 N–H and O–H groups in total. The van der Waals surface area contributed by atoms with E-state index >= 15 is 0 Å². The predicted octanol–water partition coefficient (Wildman–Crippen LogP) is 2.88. The molecule has 2 aromatic carbocycles. The van der Waals surface area contributed by atoms with Crippen LogP contribution in [0.5, 0.6) is 5.75 Å². The highest BCUT2D eigenvalue weighted by Crippen LogP contribution is 2.13. The van der Waals surface area contributed by atoms with Crippen molar-refractivity contribution in [3.05, 3.63) is 65.7 Å². The molecular formula is C19H24N2O2. The molecule has 0 bridgehead atoms. The lowest BCUT2D eigenvalue weighted by molar-refractivity contribution is -0.120. The number of benzene rings is 2. The summed E-state index contributed by atoms with van der Waals surface area (Å²) < 4.78 is 5.59. The van der Waals surface area contributed by atoms with Crippen LogP contribution >= 0.6 is 0 Å². The molecule has 4 nitrogen and oxygen atoms in total. The molecule has 0 aromatic heterocycles. The molecule has 0 saturated heterocycles. The van der Waals surface area contributed by atoms with Crippen LogP contribution in [-0.4, -0.2) is 18.6 Å². The lowest BCUT2D eigenvalue weighted by Crippen LogP contribution is -2.33. The van der Waals surface area contributed by atoms with E-state index in [4.69, 9.17) is 4.74 Å². The summed E-state index contributed by atoms with van der Waals surface area (Å²) in [7, 11) is 0. The average Bonchev–Trinajstić information content (AvgIpc) is 2.55. The van der Waals surface area contributed by atoms with Crippen LogP contribution in [0, 0.1) is 0 Å². The molecule has 0 aliphatic carbocycles. The summed E-state index contributed by atoms with van der Waals surface area (Å²) in [5.74, 6) is 0.836. The molecule has 0 aliphatic heterocycles. The van der Waals surface area contributed by atoms with Gasteiger partial charge in [0.1, 0.15) is 5.75 Å². The van der Waals surface area contributed by atoms with Gasteiger partial charge in [0.15, 0.2) is 0 Å². The van der Waals surface area contributed by atoms with Gasteiger partial charge >= 0.3 is 0 Å². The Balaban J connectivity index is 1.67. The molecule has 0 unspecified atom stereocenters. The van der Waals surface area contributed by atoms with E-state index in [1.807, 2.05) is 68.4 Å². The van der Waals surface area contributed by atoms with Crippen molar-refractivity contribution >= 4 is 5.91 Å². The second kappa shape index (κ2) is 8.96. The first-order valence-electron chi connectivity index (χ1n) is 7.90. The molecule has 1 amide bonds. The Kier molecular flexibility index (Phi) is 6.63. The minimum Gasteiger partial charge on any atom is -0.491 e. The van der Waals surface area contributed by atoms with E-state index in [-0.39, 0.29) is 12.0 Å². The van der Waals surface area contributed by atoms with Crippen molar-refractivity contribution in [2.24, 2.45) is 0 Å². The zero-order valence-corrected chi connectivity index (χ0v) is 13.7. The third kappa shape index (κ3) is 6.53. The first kappa shape index (κ1) is 17.0. The fraction of sp³-hybridized carbons (Fsp3) is 0.316. The van der Waals surface area contributed by atoms with Crippen molar-refractivity contribution in [1.29, 1.82) is 0 Å². The van der Waals surface area contributed by atoms with Gasteiger partial charge in [-0.3, -0.25) is 4.79 Å². The summed E-state index contributed by atoms with van der Waals surface area (Å²) in [6.45, 7) is 5.51. The lowest BCUT2D eigenvalue weighted by atomic mass is 10.2. The minimum atomic E-state index is -0.0107. The lowest BCUT2D eigenvalue weighted by Gasteiger charge is -2.10. The van der Waals surface area contributed by atoms with Crippen LogP contribution in [0.1, 0.15) is 25.0 Å². The third-order valence-electron chi connectivity index (χ3n) is 3.24. The van der Waals surface area contributed by atoms with Crippen LogP contribution < -0.4 is 15.4 Å². The average molecular weight is 312 g/mol. The first-order chi connectivity index (χ1) is 11.1. The highest BCUT2D eigenvalue weighted by Gasteiger charge is 2.02. The first-order valence-corrected chi connectivity index (χ1v) is 7.90. The van der Waals surface area contributed by atoms with Gasteiger partial charge in [0.25, 0.3) is 0 Å². The van der Waals surface area contributed by atoms with Crippen molar-refractivity contribution in [1.82, 2.24) is 10.6 Å². The smallest absolute Gasteiger partial charge is 0.234 e. The van der Waals surface area contributed by atoms with Gasteiger partial charge in [-0.2, -0.15) is 0 Å². The third-order valence-corrected chi connectivity index (χ3v) is 3.24. The van der Waals surface area contributed by atoms with E-state index in [9.17, 15) is 4.79 Å². The maximum atomic E-state index is 11.8. The number of hydrogen-bond acceptors (Lipinski definition) is 3. The molecule has 0 fully saturated rings. The Hall–Kier alpha value is -2.33. The van der Waals surface area contributed by atoms with E-state index in [1.165, 1.54) is 5.56 Å². The number of hydrogen-bond donors (Lipinski definition) is 2. The summed E-state index contributed by atoms with van der Waals surface area (Å²) >= 11 is 0. The molecule has 0 heterocycles. The molecule has 2 rings (SSSR count). The zero-order chi connectivity index (χ0) is 16.5. The van der Waals surface area contributed by atoms with Gasteiger partial charge < -0.3 is 15.4 Å². The molecule has 23 heavy (non-hydrogen) atoms. The van der Waals surface area contributed by atoms with Gasteiger partial charge in [0.05, 0.1) is 12.6 Å². The number of nitrogens with one attached hydrogen (secondary N) is 2. The topological polar surface area (TPSA) is 50.4 Å². The number of carbonyl (C=O) groups is 1. The minimum absolute atomic E-state index is 0.0107. The van der Waals surface area contributed by atoms with Crippen molar-refractivity contribution < 1.29 is 9.53 Å². The Morgan fingerprint density at radius 2 is 1.61 bits per heavy atom. The molecule has 122 valence electrons. The quantitative estimate of drug-likeness (QED) is 0.788. The standard InChI is InChI=1S/C19H24N2O2/c1-15(2)23-18-10-8-17(9-11-18)13-21-19(22)14-20-12-16-6-4-3-5-7-16/h3-11,15,20H,12-14H2,1-2H3,(H,21,22). The second-order valence-electron chi connectivity index (χ2n) is 5.68. The van der Waals surface area contributed by atoms with E-state index < -0.39 is 0 Å². The fourth-order valence-electron chi connectivity index (χ4n) is 2.14. The summed E-state index contributed by atoms with van der Waals surface area (Å²) in [6, 6.07) is 17.8. The molecule has 0 saturated carbocycles. The Bertz CT molecular complexity index is 595. The maximum Gasteiger partial charge on any atom is 0.234 e. The molecule has 4 heteroatoms. The van der Waals surface area contributed by atoms with Crippen LogP contribution in [0.2, 0.25) is 0 Å². The molecule has 0 spiro atoms. The van der Waals surface area contributed by atoms with Gasteiger partial charge in [-0.05, 0) is 37.1 Å². The number of carbonyl (C=O) groups excluding carboxylic acids is 1. The Labute approximate surface area is 137 Å². The van der Waals surface area contributed by atoms with Gasteiger partial charge in [-0.15, -0.1) is 0 Å². The van der Waals surface area contributed by atoms with Crippen molar-refractivity contribution in [3.8, 4) is 5.75 Å². The summed E-state index contributed by atoms with van der Waals surface area (Å²) in [4.78, 5) is 11.8. The summed E-state index contributed by atoms with van der Waals surface area (Å²) in [6.07, 6.45) is 0.163. The van der Waals surface area contributed by atoms with Crippen LogP contribution in [0.15, 0.2) is 54.6 Å². The van der Waals surface area contributed by atoms with Gasteiger partial charge in [-0.25, -0.2) is 0 Å². The number of rotatable bonds is 8. The van der Waals surface area contributed by atoms with Crippen molar-refractivity contribution in [2.75, 3.05) is 6.54 Å². The van der Waals surface area contributed by atoms with E-state index in [0.29, 0.717) is 19.6 Å². The van der Waals surface area contributed by atoms with Crippen LogP contribution in [0.4, 0.5) is 0 Å². The largest absolute Gasteiger partial charge is 0.491 e. The molecule has 0 radical (unpaired) electrons. The zero-order valence-electron chi connectivity index (χ0n) is 13.7. The van der Waals surface area contributed by atoms with Crippen molar-refractivity contribution in [3.63, 3.8) is 0 Å². The number of amides is 1.